The Morgan fingerprint density at radius 2 is 1.73 bits per heavy atom. The van der Waals surface area contributed by atoms with E-state index in [1.807, 2.05) is 26.0 Å². The van der Waals surface area contributed by atoms with Gasteiger partial charge in [-0.1, -0.05) is 26.0 Å². The van der Waals surface area contributed by atoms with Crippen molar-refractivity contribution in [3.8, 4) is 5.75 Å². The summed E-state index contributed by atoms with van der Waals surface area (Å²) in [5.41, 5.74) is -5.26. The van der Waals surface area contributed by atoms with Crippen LogP contribution >= 0.6 is 0 Å². The fourth-order valence-corrected chi connectivity index (χ4v) is 5.76. The number of rotatable bonds is 10. The first kappa shape index (κ1) is 25.6. The summed E-state index contributed by atoms with van der Waals surface area (Å²) in [5, 5.41) is 31.2. The number of ether oxygens (including phenoxy) is 1. The van der Waals surface area contributed by atoms with Gasteiger partial charge in [-0.3, -0.25) is 0 Å². The molecule has 0 radical (unpaired) electrons. The van der Waals surface area contributed by atoms with E-state index in [-0.39, 0.29) is 25.9 Å². The van der Waals surface area contributed by atoms with E-state index in [0.717, 1.165) is 28.7 Å². The molecule has 2 N–H and O–H groups in total. The molecule has 3 saturated carbocycles. The summed E-state index contributed by atoms with van der Waals surface area (Å²) in [6.07, 6.45) is 1.36. The van der Waals surface area contributed by atoms with Gasteiger partial charge in [0.05, 0.1) is 19.8 Å². The predicted molar refractivity (Wildman–Crippen MR) is 124 cm³/mol. The highest BCUT2D eigenvalue weighted by molar-refractivity contribution is 5.44. The number of tetrazole rings is 1. The number of benzene rings is 2. The number of aliphatic hydroxyl groups is 2. The van der Waals surface area contributed by atoms with Gasteiger partial charge in [0.1, 0.15) is 23.7 Å². The first-order valence-electron chi connectivity index (χ1n) is 12.0. The third kappa shape index (κ3) is 3.99. The zero-order valence-electron chi connectivity index (χ0n) is 20.5. The highest BCUT2D eigenvalue weighted by Gasteiger charge is 2.82. The van der Waals surface area contributed by atoms with Gasteiger partial charge in [-0.25, -0.2) is 22.2 Å². The Balaban J connectivity index is 1.37. The van der Waals surface area contributed by atoms with E-state index in [1.54, 1.807) is 12.1 Å². The van der Waals surface area contributed by atoms with Crippen molar-refractivity contribution < 1.29 is 32.5 Å². The smallest absolute Gasteiger partial charge is 0.287 e. The summed E-state index contributed by atoms with van der Waals surface area (Å²) in [6.45, 7) is 3.25. The average Bonchev–Trinajstić information content (AvgIpc) is 3.29. The maximum Gasteiger partial charge on any atom is 0.287 e. The lowest BCUT2D eigenvalue weighted by Crippen LogP contribution is -2.76. The van der Waals surface area contributed by atoms with Gasteiger partial charge in [0.25, 0.3) is 5.92 Å². The zero-order chi connectivity index (χ0) is 26.7. The normalized spacial score (nSPS) is 24.6. The van der Waals surface area contributed by atoms with Crippen LogP contribution in [0.3, 0.4) is 0 Å². The first-order chi connectivity index (χ1) is 17.4. The lowest BCUT2D eigenvalue weighted by atomic mass is 9.30. The molecule has 198 valence electrons. The van der Waals surface area contributed by atoms with E-state index in [0.29, 0.717) is 18.4 Å². The van der Waals surface area contributed by atoms with Gasteiger partial charge in [-0.15, -0.1) is 5.10 Å². The maximum absolute atomic E-state index is 16.3. The molecule has 2 bridgehead atoms. The molecule has 3 fully saturated rings. The van der Waals surface area contributed by atoms with Gasteiger partial charge in [0.15, 0.2) is 5.60 Å². The van der Waals surface area contributed by atoms with Crippen LogP contribution in [0.5, 0.6) is 5.75 Å². The number of hydrogen-bond acceptors (Lipinski definition) is 6. The fourth-order valence-electron chi connectivity index (χ4n) is 5.76. The van der Waals surface area contributed by atoms with Gasteiger partial charge in [-0.05, 0) is 64.9 Å². The van der Waals surface area contributed by atoms with Gasteiger partial charge in [0.2, 0.25) is 0 Å². The summed E-state index contributed by atoms with van der Waals surface area (Å²) in [5.74, 6) is -5.37. The molecule has 37 heavy (non-hydrogen) atoms. The molecule has 0 aliphatic heterocycles. The number of alkyl halides is 2. The van der Waals surface area contributed by atoms with Crippen molar-refractivity contribution in [1.29, 1.82) is 0 Å². The number of hydrogen-bond donors (Lipinski definition) is 2. The maximum atomic E-state index is 16.3. The highest BCUT2D eigenvalue weighted by atomic mass is 19.3. The molecule has 2 aromatic carbocycles. The van der Waals surface area contributed by atoms with Crippen molar-refractivity contribution in [2.75, 3.05) is 13.2 Å². The largest absolute Gasteiger partial charge is 0.493 e. The van der Waals surface area contributed by atoms with Crippen LogP contribution in [0, 0.1) is 22.5 Å². The minimum atomic E-state index is -3.77. The Bertz CT molecular complexity index is 1260. The predicted octanol–water partition coefficient (Wildman–Crippen LogP) is 3.99. The van der Waals surface area contributed by atoms with Gasteiger partial charge in [0, 0.05) is 22.5 Å². The summed E-state index contributed by atoms with van der Waals surface area (Å²) in [4.78, 5) is 0. The minimum absolute atomic E-state index is 0.0217. The standard InChI is InChI=1S/C26H28F4N4O3/c1-22(2,14-35)15-37-19-6-3-17(4-7-19)23-10-24(11-23,12-23)26(29,30)25(36,13-34-16-31-32-33-34)20-8-5-18(27)9-21(20)28/h3-9,16,35-36H,10-15H2,1-2H3/t23?,24?,25-/m0/s1. The van der Waals surface area contributed by atoms with Crippen LogP contribution in [-0.2, 0) is 17.6 Å². The van der Waals surface area contributed by atoms with E-state index in [2.05, 4.69) is 15.5 Å². The van der Waals surface area contributed by atoms with E-state index >= 15 is 8.78 Å². The lowest BCUT2D eigenvalue weighted by molar-refractivity contribution is -0.347. The molecule has 0 spiro atoms. The summed E-state index contributed by atoms with van der Waals surface area (Å²) in [6, 6.07) is 9.40. The van der Waals surface area contributed by atoms with Crippen LogP contribution in [0.4, 0.5) is 17.6 Å². The lowest BCUT2D eigenvalue weighted by Gasteiger charge is -2.74. The molecule has 1 heterocycles. The third-order valence-corrected chi connectivity index (χ3v) is 7.90. The minimum Gasteiger partial charge on any atom is -0.493 e. The number of aliphatic hydroxyl groups excluding tert-OH is 1. The van der Waals surface area contributed by atoms with E-state index < -0.39 is 51.5 Å². The molecule has 0 saturated heterocycles. The van der Waals surface area contributed by atoms with Crippen molar-refractivity contribution in [3.63, 3.8) is 0 Å². The van der Waals surface area contributed by atoms with Gasteiger partial charge < -0.3 is 14.9 Å². The van der Waals surface area contributed by atoms with Crippen LogP contribution in [0.15, 0.2) is 48.8 Å². The molecule has 3 aliphatic rings. The molecule has 11 heteroatoms. The number of nitrogens with zero attached hydrogens (tertiary/aromatic N) is 4. The van der Waals surface area contributed by atoms with Crippen molar-refractivity contribution in [2.45, 2.75) is 56.6 Å². The fraction of sp³-hybridized carbons (Fsp3) is 0.500. The Morgan fingerprint density at radius 3 is 2.30 bits per heavy atom. The van der Waals surface area contributed by atoms with Crippen LogP contribution in [-0.4, -0.2) is 49.6 Å². The molecule has 1 aromatic heterocycles. The second-order valence-electron chi connectivity index (χ2n) is 11.3. The molecule has 0 amide bonds. The SMILES string of the molecule is CC(C)(CO)COc1ccc(C23CC(C(F)(F)[C@](O)(Cn4cnnn4)c4ccc(F)cc4F)(C2)C3)cc1. The van der Waals surface area contributed by atoms with Gasteiger partial charge in [-0.2, -0.15) is 0 Å². The Kier molecular flexibility index (Phi) is 5.87. The van der Waals surface area contributed by atoms with E-state index in [4.69, 9.17) is 4.74 Å². The van der Waals surface area contributed by atoms with Crippen molar-refractivity contribution >= 4 is 0 Å². The van der Waals surface area contributed by atoms with E-state index in [9.17, 15) is 19.0 Å². The zero-order valence-corrected chi connectivity index (χ0v) is 20.5. The Labute approximate surface area is 211 Å². The second kappa shape index (κ2) is 8.49. The Hall–Kier alpha value is -3.05. The number of aromatic nitrogens is 4. The first-order valence-corrected chi connectivity index (χ1v) is 12.0. The quantitative estimate of drug-likeness (QED) is 0.393. The summed E-state index contributed by atoms with van der Waals surface area (Å²) in [7, 11) is 0. The second-order valence-corrected chi connectivity index (χ2v) is 11.3. The average molecular weight is 521 g/mol. The molecule has 6 rings (SSSR count). The Morgan fingerprint density at radius 1 is 1.05 bits per heavy atom. The monoisotopic (exact) mass is 520 g/mol. The summed E-state index contributed by atoms with van der Waals surface area (Å²) >= 11 is 0. The van der Waals surface area contributed by atoms with Crippen LogP contribution in [0.25, 0.3) is 0 Å². The molecule has 0 unspecified atom stereocenters. The third-order valence-electron chi connectivity index (χ3n) is 7.90. The van der Waals surface area contributed by atoms with Crippen LogP contribution in [0.2, 0.25) is 0 Å². The molecule has 3 aliphatic carbocycles. The molecular formula is C26H28F4N4O3. The summed E-state index contributed by atoms with van der Waals surface area (Å²) < 4.78 is 67.5. The van der Waals surface area contributed by atoms with E-state index in [1.165, 1.54) is 0 Å². The topological polar surface area (TPSA) is 93.3 Å². The van der Waals surface area contributed by atoms with Crippen molar-refractivity contribution in [3.05, 3.63) is 71.6 Å². The molecule has 3 aromatic rings. The molecule has 1 atom stereocenters. The highest BCUT2D eigenvalue weighted by Crippen LogP contribution is 2.80. The molecular weight excluding hydrogens is 492 g/mol. The van der Waals surface area contributed by atoms with Crippen molar-refractivity contribution in [2.24, 2.45) is 10.8 Å². The van der Waals surface area contributed by atoms with Crippen LogP contribution in [0.1, 0.15) is 44.2 Å². The van der Waals surface area contributed by atoms with Crippen molar-refractivity contribution in [1.82, 2.24) is 20.2 Å². The van der Waals surface area contributed by atoms with Gasteiger partial charge >= 0.3 is 0 Å². The van der Waals surface area contributed by atoms with Crippen LogP contribution < -0.4 is 4.74 Å². The number of halogens is 4. The molecule has 7 nitrogen and oxygen atoms in total.